The summed E-state index contributed by atoms with van der Waals surface area (Å²) < 4.78 is 15.6. The van der Waals surface area contributed by atoms with Gasteiger partial charge in [-0.3, -0.25) is 4.79 Å². The summed E-state index contributed by atoms with van der Waals surface area (Å²) in [6.45, 7) is 0.346. The summed E-state index contributed by atoms with van der Waals surface area (Å²) in [6.07, 6.45) is 5.05. The van der Waals surface area contributed by atoms with Gasteiger partial charge in [-0.1, -0.05) is 30.3 Å². The summed E-state index contributed by atoms with van der Waals surface area (Å²) in [6, 6.07) is 16.1. The number of carbonyl (C=O) groups is 1. The smallest absolute Gasteiger partial charge is 0.263 e. The van der Waals surface area contributed by atoms with Crippen LogP contribution >= 0.6 is 11.3 Å². The Kier molecular flexibility index (Phi) is 4.76. The van der Waals surface area contributed by atoms with Gasteiger partial charge in [0.05, 0.1) is 18.1 Å². The van der Waals surface area contributed by atoms with E-state index in [2.05, 4.69) is 15.4 Å². The Morgan fingerprint density at radius 1 is 1.07 bits per heavy atom. The van der Waals surface area contributed by atoms with E-state index in [-0.39, 0.29) is 11.7 Å². The van der Waals surface area contributed by atoms with Crippen LogP contribution in [-0.2, 0) is 6.54 Å². The van der Waals surface area contributed by atoms with Gasteiger partial charge in [0.15, 0.2) is 0 Å². The number of benzene rings is 2. The highest BCUT2D eigenvalue weighted by Crippen LogP contribution is 2.27. The summed E-state index contributed by atoms with van der Waals surface area (Å²) in [7, 11) is 0. The third-order valence-corrected chi connectivity index (χ3v) is 4.97. The number of carbonyl (C=O) groups excluding carboxylic acids is 1. The zero-order valence-electron chi connectivity index (χ0n) is 14.2. The Bertz CT molecular complexity index is 1070. The lowest BCUT2D eigenvalue weighted by molar-refractivity contribution is 0.0955. The molecule has 0 radical (unpaired) electrons. The Morgan fingerprint density at radius 3 is 2.67 bits per heavy atom. The first-order chi connectivity index (χ1) is 13.2. The molecule has 4 aromatic rings. The van der Waals surface area contributed by atoms with Crippen LogP contribution in [0.4, 0.5) is 4.39 Å². The molecule has 0 fully saturated rings. The third kappa shape index (κ3) is 3.78. The van der Waals surface area contributed by atoms with Crippen LogP contribution in [0.25, 0.3) is 16.3 Å². The highest BCUT2D eigenvalue weighted by Gasteiger charge is 2.14. The van der Waals surface area contributed by atoms with Crippen molar-refractivity contribution in [3.8, 4) is 16.3 Å². The number of thiazole rings is 1. The van der Waals surface area contributed by atoms with Crippen molar-refractivity contribution < 1.29 is 9.18 Å². The van der Waals surface area contributed by atoms with Crippen molar-refractivity contribution in [3.05, 3.63) is 89.4 Å². The molecule has 0 bridgehead atoms. The predicted octanol–water partition coefficient (Wildman–Crippen LogP) is 4.06. The van der Waals surface area contributed by atoms with Gasteiger partial charge < -0.3 is 5.32 Å². The van der Waals surface area contributed by atoms with Crippen molar-refractivity contribution >= 4 is 17.2 Å². The molecule has 0 saturated heterocycles. The highest BCUT2D eigenvalue weighted by molar-refractivity contribution is 7.16. The molecule has 0 atom stereocenters. The molecule has 0 aliphatic heterocycles. The zero-order valence-corrected chi connectivity index (χ0v) is 15.0. The van der Waals surface area contributed by atoms with E-state index < -0.39 is 0 Å². The van der Waals surface area contributed by atoms with Crippen LogP contribution in [-0.4, -0.2) is 20.7 Å². The molecule has 5 nitrogen and oxygen atoms in total. The molecular formula is C20H15FN4OS. The maximum absolute atomic E-state index is 13.9. The fraction of sp³-hybridized carbons (Fsp3) is 0.0500. The van der Waals surface area contributed by atoms with E-state index in [1.165, 1.54) is 12.3 Å². The molecular weight excluding hydrogens is 363 g/mol. The van der Waals surface area contributed by atoms with Crippen LogP contribution in [0, 0.1) is 5.82 Å². The standard InChI is InChI=1S/C20H15FN4OS/c21-17-9-5-4-8-16(17)20-23-12-18(27-20)19(26)22-10-14-11-24-25(13-14)15-6-2-1-3-7-15/h1-9,11-13H,10H2,(H,22,26). The number of halogens is 1. The Balaban J connectivity index is 1.42. The molecule has 0 saturated carbocycles. The third-order valence-electron chi connectivity index (χ3n) is 3.94. The average molecular weight is 378 g/mol. The van der Waals surface area contributed by atoms with E-state index in [9.17, 15) is 9.18 Å². The van der Waals surface area contributed by atoms with E-state index in [0.29, 0.717) is 22.0 Å². The van der Waals surface area contributed by atoms with Crippen molar-refractivity contribution in [2.24, 2.45) is 0 Å². The van der Waals surface area contributed by atoms with Crippen molar-refractivity contribution in [1.29, 1.82) is 0 Å². The molecule has 4 rings (SSSR count). The first-order valence-electron chi connectivity index (χ1n) is 8.28. The van der Waals surface area contributed by atoms with Crippen LogP contribution in [0.5, 0.6) is 0 Å². The minimum Gasteiger partial charge on any atom is -0.347 e. The SMILES string of the molecule is O=C(NCc1cnn(-c2ccccc2)c1)c1cnc(-c2ccccc2F)s1. The van der Waals surface area contributed by atoms with Crippen LogP contribution in [0.2, 0.25) is 0 Å². The van der Waals surface area contributed by atoms with Gasteiger partial charge in [0.2, 0.25) is 0 Å². The van der Waals surface area contributed by atoms with Gasteiger partial charge in [-0.25, -0.2) is 14.1 Å². The van der Waals surface area contributed by atoms with Crippen molar-refractivity contribution in [2.45, 2.75) is 6.54 Å². The molecule has 7 heteroatoms. The number of rotatable bonds is 5. The van der Waals surface area contributed by atoms with Crippen molar-refractivity contribution in [3.63, 3.8) is 0 Å². The quantitative estimate of drug-likeness (QED) is 0.570. The summed E-state index contributed by atoms with van der Waals surface area (Å²) in [5, 5.41) is 7.63. The van der Waals surface area contributed by atoms with Gasteiger partial charge in [-0.05, 0) is 24.3 Å². The second-order valence-corrected chi connectivity index (χ2v) is 6.85. The second-order valence-electron chi connectivity index (χ2n) is 5.82. The summed E-state index contributed by atoms with van der Waals surface area (Å²) in [5.41, 5.74) is 2.23. The van der Waals surface area contributed by atoms with E-state index in [1.54, 1.807) is 29.1 Å². The van der Waals surface area contributed by atoms with Gasteiger partial charge in [0.25, 0.3) is 5.91 Å². The predicted molar refractivity (Wildman–Crippen MR) is 102 cm³/mol. The van der Waals surface area contributed by atoms with Crippen LogP contribution in [0.15, 0.2) is 73.2 Å². The summed E-state index contributed by atoms with van der Waals surface area (Å²) in [5.74, 6) is -0.602. The molecule has 0 aliphatic rings. The molecule has 2 heterocycles. The minimum atomic E-state index is -0.355. The maximum Gasteiger partial charge on any atom is 0.263 e. The topological polar surface area (TPSA) is 59.8 Å². The summed E-state index contributed by atoms with van der Waals surface area (Å²) in [4.78, 5) is 17.0. The van der Waals surface area contributed by atoms with E-state index in [1.807, 2.05) is 36.5 Å². The fourth-order valence-electron chi connectivity index (χ4n) is 2.58. The van der Waals surface area contributed by atoms with Gasteiger partial charge in [0.1, 0.15) is 15.7 Å². The molecule has 1 N–H and O–H groups in total. The van der Waals surface area contributed by atoms with Crippen LogP contribution < -0.4 is 5.32 Å². The van der Waals surface area contributed by atoms with Gasteiger partial charge in [-0.2, -0.15) is 5.10 Å². The molecule has 2 aromatic carbocycles. The largest absolute Gasteiger partial charge is 0.347 e. The van der Waals surface area contributed by atoms with Crippen LogP contribution in [0.3, 0.4) is 0 Å². The lowest BCUT2D eigenvalue weighted by Crippen LogP contribution is -2.21. The lowest BCUT2D eigenvalue weighted by Gasteiger charge is -2.01. The molecule has 134 valence electrons. The number of hydrogen-bond acceptors (Lipinski definition) is 4. The highest BCUT2D eigenvalue weighted by atomic mass is 32.1. The van der Waals surface area contributed by atoms with Crippen molar-refractivity contribution in [1.82, 2.24) is 20.1 Å². The number of para-hydroxylation sites is 1. The van der Waals surface area contributed by atoms with Gasteiger partial charge in [0, 0.05) is 23.9 Å². The number of nitrogens with one attached hydrogen (secondary N) is 1. The van der Waals surface area contributed by atoms with E-state index >= 15 is 0 Å². The Hall–Kier alpha value is -3.32. The monoisotopic (exact) mass is 378 g/mol. The van der Waals surface area contributed by atoms with E-state index in [4.69, 9.17) is 0 Å². The van der Waals surface area contributed by atoms with Gasteiger partial charge in [-0.15, -0.1) is 11.3 Å². The van der Waals surface area contributed by atoms with Gasteiger partial charge >= 0.3 is 0 Å². The fourth-order valence-corrected chi connectivity index (χ4v) is 3.44. The maximum atomic E-state index is 13.9. The summed E-state index contributed by atoms with van der Waals surface area (Å²) >= 11 is 1.16. The molecule has 1 amide bonds. The Labute approximate surface area is 159 Å². The molecule has 0 spiro atoms. The Morgan fingerprint density at radius 2 is 1.85 bits per heavy atom. The normalized spacial score (nSPS) is 10.7. The number of nitrogens with zero attached hydrogens (tertiary/aromatic N) is 3. The number of amides is 1. The second kappa shape index (κ2) is 7.51. The first-order valence-corrected chi connectivity index (χ1v) is 9.10. The van der Waals surface area contributed by atoms with E-state index in [0.717, 1.165) is 22.6 Å². The average Bonchev–Trinajstić information content (AvgIpc) is 3.37. The molecule has 0 unspecified atom stereocenters. The minimum absolute atomic E-state index is 0.248. The molecule has 27 heavy (non-hydrogen) atoms. The lowest BCUT2D eigenvalue weighted by atomic mass is 10.2. The molecule has 0 aliphatic carbocycles. The number of aromatic nitrogens is 3. The van der Waals surface area contributed by atoms with Crippen LogP contribution in [0.1, 0.15) is 15.2 Å². The molecule has 2 aromatic heterocycles. The zero-order chi connectivity index (χ0) is 18.6. The first kappa shape index (κ1) is 17.1. The number of hydrogen-bond donors (Lipinski definition) is 1. The van der Waals surface area contributed by atoms with Crippen molar-refractivity contribution in [2.75, 3.05) is 0 Å².